The molecule has 6 nitrogen and oxygen atoms in total. The van der Waals surface area contributed by atoms with E-state index >= 15 is 0 Å². The molecule has 3 aromatic rings. The second-order valence-electron chi connectivity index (χ2n) is 5.35. The first kappa shape index (κ1) is 14.1. The van der Waals surface area contributed by atoms with Crippen molar-refractivity contribution in [2.45, 2.75) is 20.8 Å². The minimum Gasteiger partial charge on any atom is -0.382 e. The summed E-state index contributed by atoms with van der Waals surface area (Å²) in [5, 5.41) is 10.0. The number of nitrogens with two attached hydrogens (primary N) is 1. The van der Waals surface area contributed by atoms with Crippen LogP contribution in [0, 0.1) is 20.8 Å². The number of hydrogen-bond donors (Lipinski definition) is 3. The van der Waals surface area contributed by atoms with Crippen LogP contribution in [0.15, 0.2) is 30.5 Å². The van der Waals surface area contributed by atoms with Crippen LogP contribution in [0.3, 0.4) is 0 Å². The summed E-state index contributed by atoms with van der Waals surface area (Å²) < 4.78 is 0. The minimum atomic E-state index is 0.389. The molecule has 0 spiro atoms. The summed E-state index contributed by atoms with van der Waals surface area (Å²) in [6.45, 7) is 6.08. The smallest absolute Gasteiger partial charge is 0.153 e. The Hall–Kier alpha value is -2.89. The normalized spacial score (nSPS) is 10.7. The highest BCUT2D eigenvalue weighted by molar-refractivity contribution is 5.72. The number of aromatic amines is 1. The van der Waals surface area contributed by atoms with Gasteiger partial charge in [0.25, 0.3) is 0 Å². The number of H-pyrrole nitrogens is 1. The first-order chi connectivity index (χ1) is 10.5. The molecule has 22 heavy (non-hydrogen) atoms. The van der Waals surface area contributed by atoms with E-state index in [2.05, 4.69) is 51.5 Å². The predicted octanol–water partition coefficient (Wildman–Crippen LogP) is 3.12. The molecule has 112 valence electrons. The van der Waals surface area contributed by atoms with Crippen LogP contribution >= 0.6 is 0 Å². The Morgan fingerprint density at radius 2 is 1.86 bits per heavy atom. The molecule has 3 rings (SSSR count). The fourth-order valence-corrected chi connectivity index (χ4v) is 2.19. The van der Waals surface area contributed by atoms with E-state index in [0.717, 1.165) is 11.3 Å². The van der Waals surface area contributed by atoms with Gasteiger partial charge in [-0.1, -0.05) is 12.1 Å². The van der Waals surface area contributed by atoms with Crippen LogP contribution in [-0.2, 0) is 0 Å². The quantitative estimate of drug-likeness (QED) is 0.690. The Morgan fingerprint density at radius 1 is 1.05 bits per heavy atom. The molecule has 0 aliphatic carbocycles. The Kier molecular flexibility index (Phi) is 3.50. The fraction of sp³-hybridized carbons (Fsp3) is 0.188. The van der Waals surface area contributed by atoms with Crippen molar-refractivity contribution >= 4 is 17.5 Å². The van der Waals surface area contributed by atoms with Gasteiger partial charge in [0.05, 0.1) is 6.20 Å². The minimum absolute atomic E-state index is 0.389. The molecule has 2 aromatic heterocycles. The molecular formula is C16H18N6. The maximum atomic E-state index is 6.06. The number of hydrogen-bond acceptors (Lipinski definition) is 5. The number of aromatic nitrogens is 4. The molecule has 6 heteroatoms. The van der Waals surface area contributed by atoms with Gasteiger partial charge >= 0.3 is 0 Å². The second kappa shape index (κ2) is 5.48. The maximum absolute atomic E-state index is 6.06. The standard InChI is InChI=1S/C16H18N6/c1-9-4-5-12(6-10(9)2)15-16(17)20-14(8-18-15)19-13-7-11(3)21-22-13/h4-8H,1-3H3,(H4,17,19,20,21,22). The van der Waals surface area contributed by atoms with E-state index in [1.807, 2.05) is 19.1 Å². The number of rotatable bonds is 3. The summed E-state index contributed by atoms with van der Waals surface area (Å²) >= 11 is 0. The topological polar surface area (TPSA) is 92.5 Å². The number of anilines is 3. The molecule has 4 N–H and O–H groups in total. The molecule has 0 radical (unpaired) electrons. The van der Waals surface area contributed by atoms with Crippen molar-refractivity contribution in [2.75, 3.05) is 11.1 Å². The summed E-state index contributed by atoms with van der Waals surface area (Å²) in [5.74, 6) is 1.64. The van der Waals surface area contributed by atoms with Gasteiger partial charge in [-0.25, -0.2) is 9.97 Å². The lowest BCUT2D eigenvalue weighted by molar-refractivity contribution is 1.05. The molecule has 0 unspecified atom stereocenters. The third kappa shape index (κ3) is 2.76. The van der Waals surface area contributed by atoms with Gasteiger partial charge in [0.1, 0.15) is 5.69 Å². The maximum Gasteiger partial charge on any atom is 0.153 e. The number of nitrogens with zero attached hydrogens (tertiary/aromatic N) is 3. The number of nitrogen functional groups attached to an aromatic ring is 1. The molecule has 0 saturated heterocycles. The molecule has 0 bridgehead atoms. The molecular weight excluding hydrogens is 276 g/mol. The van der Waals surface area contributed by atoms with Gasteiger partial charge in [-0.3, -0.25) is 5.10 Å². The van der Waals surface area contributed by atoms with Crippen molar-refractivity contribution in [3.63, 3.8) is 0 Å². The molecule has 0 saturated carbocycles. The Labute approximate surface area is 128 Å². The van der Waals surface area contributed by atoms with Crippen LogP contribution in [0.1, 0.15) is 16.8 Å². The zero-order valence-corrected chi connectivity index (χ0v) is 12.8. The van der Waals surface area contributed by atoms with Crippen LogP contribution in [0.2, 0.25) is 0 Å². The molecule has 1 aromatic carbocycles. The number of aryl methyl sites for hydroxylation is 3. The van der Waals surface area contributed by atoms with Crippen LogP contribution < -0.4 is 11.1 Å². The third-order valence-corrected chi connectivity index (χ3v) is 3.54. The van der Waals surface area contributed by atoms with Crippen LogP contribution in [0.25, 0.3) is 11.3 Å². The molecule has 0 fully saturated rings. The Morgan fingerprint density at radius 3 is 2.50 bits per heavy atom. The van der Waals surface area contributed by atoms with Crippen LogP contribution in [0.4, 0.5) is 17.5 Å². The molecule has 0 aliphatic rings. The lowest BCUT2D eigenvalue weighted by Gasteiger charge is -2.09. The first-order valence-corrected chi connectivity index (χ1v) is 7.02. The van der Waals surface area contributed by atoms with Crippen molar-refractivity contribution in [3.05, 3.63) is 47.3 Å². The monoisotopic (exact) mass is 294 g/mol. The van der Waals surface area contributed by atoms with E-state index in [4.69, 9.17) is 5.73 Å². The van der Waals surface area contributed by atoms with Crippen molar-refractivity contribution in [1.82, 2.24) is 20.2 Å². The van der Waals surface area contributed by atoms with Gasteiger partial charge < -0.3 is 11.1 Å². The van der Waals surface area contributed by atoms with Gasteiger partial charge in [0, 0.05) is 17.3 Å². The summed E-state index contributed by atoms with van der Waals surface area (Å²) in [5.41, 5.74) is 11.1. The second-order valence-corrected chi connectivity index (χ2v) is 5.35. The highest BCUT2D eigenvalue weighted by atomic mass is 15.2. The highest BCUT2D eigenvalue weighted by Crippen LogP contribution is 2.25. The van der Waals surface area contributed by atoms with E-state index < -0.39 is 0 Å². The molecule has 0 amide bonds. The van der Waals surface area contributed by atoms with Crippen molar-refractivity contribution < 1.29 is 0 Å². The molecule has 0 atom stereocenters. The fourth-order valence-electron chi connectivity index (χ4n) is 2.19. The van der Waals surface area contributed by atoms with Gasteiger partial charge in [0.2, 0.25) is 0 Å². The summed E-state index contributed by atoms with van der Waals surface area (Å²) in [6.07, 6.45) is 1.66. The Balaban J connectivity index is 1.90. The number of benzene rings is 1. The van der Waals surface area contributed by atoms with Crippen LogP contribution in [-0.4, -0.2) is 20.2 Å². The third-order valence-electron chi connectivity index (χ3n) is 3.54. The Bertz CT molecular complexity index is 821. The zero-order chi connectivity index (χ0) is 15.7. The van der Waals surface area contributed by atoms with E-state index in [1.54, 1.807) is 6.20 Å². The lowest BCUT2D eigenvalue weighted by Crippen LogP contribution is -2.02. The average molecular weight is 294 g/mol. The highest BCUT2D eigenvalue weighted by Gasteiger charge is 2.09. The van der Waals surface area contributed by atoms with Crippen LogP contribution in [0.5, 0.6) is 0 Å². The van der Waals surface area contributed by atoms with Crippen molar-refractivity contribution in [2.24, 2.45) is 0 Å². The summed E-state index contributed by atoms with van der Waals surface area (Å²) in [6, 6.07) is 8.02. The first-order valence-electron chi connectivity index (χ1n) is 7.02. The molecule has 0 aliphatic heterocycles. The van der Waals surface area contributed by atoms with E-state index in [-0.39, 0.29) is 0 Å². The van der Waals surface area contributed by atoms with Gasteiger partial charge in [-0.05, 0) is 38.0 Å². The zero-order valence-electron chi connectivity index (χ0n) is 12.8. The summed E-state index contributed by atoms with van der Waals surface area (Å²) in [7, 11) is 0. The summed E-state index contributed by atoms with van der Waals surface area (Å²) in [4.78, 5) is 8.79. The average Bonchev–Trinajstić information content (AvgIpc) is 2.87. The number of nitrogens with one attached hydrogen (secondary N) is 2. The van der Waals surface area contributed by atoms with E-state index in [9.17, 15) is 0 Å². The van der Waals surface area contributed by atoms with Gasteiger partial charge in [0.15, 0.2) is 17.5 Å². The largest absolute Gasteiger partial charge is 0.382 e. The van der Waals surface area contributed by atoms with Crippen molar-refractivity contribution in [1.29, 1.82) is 0 Å². The SMILES string of the molecule is Cc1cc(Nc2cnc(-c3ccc(C)c(C)c3)c(N)n2)n[nH]1. The predicted molar refractivity (Wildman–Crippen MR) is 88.0 cm³/mol. The van der Waals surface area contributed by atoms with E-state index in [1.165, 1.54) is 11.1 Å². The van der Waals surface area contributed by atoms with Gasteiger partial charge in [-0.15, -0.1) is 0 Å². The van der Waals surface area contributed by atoms with Crippen molar-refractivity contribution in [3.8, 4) is 11.3 Å². The molecule has 2 heterocycles. The lowest BCUT2D eigenvalue weighted by atomic mass is 10.0. The van der Waals surface area contributed by atoms with E-state index in [0.29, 0.717) is 23.1 Å². The van der Waals surface area contributed by atoms with Gasteiger partial charge in [-0.2, -0.15) is 5.10 Å².